The number of nitrogens with one attached hydrogen (secondary N) is 1. The lowest BCUT2D eigenvalue weighted by Gasteiger charge is -2.26. The Kier molecular flexibility index (Phi) is 5.06. The van der Waals surface area contributed by atoms with Crippen molar-refractivity contribution in [3.05, 3.63) is 29.8 Å². The zero-order chi connectivity index (χ0) is 12.8. The van der Waals surface area contributed by atoms with Gasteiger partial charge in [0.1, 0.15) is 0 Å². The maximum Gasteiger partial charge on any atom is 0.0642 e. The third kappa shape index (κ3) is 4.34. The first-order valence-electron chi connectivity index (χ1n) is 7.16. The van der Waals surface area contributed by atoms with Crippen molar-refractivity contribution in [2.24, 2.45) is 5.92 Å². The van der Waals surface area contributed by atoms with Gasteiger partial charge in [0.25, 0.3) is 0 Å². The molecule has 0 unspecified atom stereocenters. The summed E-state index contributed by atoms with van der Waals surface area (Å²) in [5.74, 6) is 0.898. The fourth-order valence-electron chi connectivity index (χ4n) is 2.57. The van der Waals surface area contributed by atoms with Gasteiger partial charge in [-0.3, -0.25) is 0 Å². The molecule has 2 heteroatoms. The number of anilines is 1. The summed E-state index contributed by atoms with van der Waals surface area (Å²) in [4.78, 5) is 0. The van der Waals surface area contributed by atoms with Gasteiger partial charge in [-0.15, -0.1) is 0 Å². The van der Waals surface area contributed by atoms with E-state index in [1.165, 1.54) is 36.9 Å². The molecule has 0 aliphatic heterocycles. The summed E-state index contributed by atoms with van der Waals surface area (Å²) in [5, 5.41) is 3.41. The third-order valence-electron chi connectivity index (χ3n) is 3.77. The van der Waals surface area contributed by atoms with E-state index in [1.807, 2.05) is 0 Å². The molecule has 0 aromatic heterocycles. The molecule has 0 heterocycles. The van der Waals surface area contributed by atoms with Crippen LogP contribution in [-0.4, -0.2) is 19.3 Å². The molecule has 0 saturated heterocycles. The highest BCUT2D eigenvalue weighted by molar-refractivity contribution is 5.45. The molecule has 1 N–H and O–H groups in total. The predicted octanol–water partition coefficient (Wildman–Crippen LogP) is 4.00. The lowest BCUT2D eigenvalue weighted by atomic mass is 9.89. The van der Waals surface area contributed by atoms with Gasteiger partial charge in [-0.2, -0.15) is 0 Å². The predicted molar refractivity (Wildman–Crippen MR) is 77.0 cm³/mol. The van der Waals surface area contributed by atoms with Crippen LogP contribution in [0.2, 0.25) is 0 Å². The molecule has 1 aliphatic rings. The lowest BCUT2D eigenvalue weighted by Crippen LogP contribution is -2.23. The first kappa shape index (κ1) is 13.4. The average molecular weight is 247 g/mol. The van der Waals surface area contributed by atoms with Crippen molar-refractivity contribution < 1.29 is 4.74 Å². The topological polar surface area (TPSA) is 21.3 Å². The van der Waals surface area contributed by atoms with Crippen LogP contribution in [0.1, 0.15) is 38.2 Å². The molecule has 0 bridgehead atoms. The quantitative estimate of drug-likeness (QED) is 0.794. The van der Waals surface area contributed by atoms with Crippen LogP contribution in [0.25, 0.3) is 0 Å². The van der Waals surface area contributed by atoms with Crippen LogP contribution in [0.4, 0.5) is 5.69 Å². The van der Waals surface area contributed by atoms with Crippen molar-refractivity contribution in [3.63, 3.8) is 0 Å². The molecule has 0 atom stereocenters. The van der Waals surface area contributed by atoms with Crippen molar-refractivity contribution >= 4 is 5.69 Å². The Labute approximate surface area is 111 Å². The zero-order valence-corrected chi connectivity index (χ0v) is 11.6. The molecule has 1 saturated carbocycles. The highest BCUT2D eigenvalue weighted by Crippen LogP contribution is 2.25. The smallest absolute Gasteiger partial charge is 0.0642 e. The minimum Gasteiger partial charge on any atom is -0.383 e. The van der Waals surface area contributed by atoms with Crippen LogP contribution in [0.15, 0.2) is 24.3 Å². The van der Waals surface area contributed by atoms with Crippen LogP contribution < -0.4 is 5.32 Å². The number of aryl methyl sites for hydroxylation is 1. The number of ether oxygens (including phenoxy) is 1. The van der Waals surface area contributed by atoms with E-state index in [0.29, 0.717) is 6.10 Å². The van der Waals surface area contributed by atoms with Crippen molar-refractivity contribution in [2.75, 3.05) is 18.5 Å². The Morgan fingerprint density at radius 3 is 2.72 bits per heavy atom. The minimum absolute atomic E-state index is 0.500. The van der Waals surface area contributed by atoms with Crippen LogP contribution in [-0.2, 0) is 4.74 Å². The van der Waals surface area contributed by atoms with Crippen LogP contribution >= 0.6 is 0 Å². The average Bonchev–Trinajstić information content (AvgIpc) is 2.37. The highest BCUT2D eigenvalue weighted by Gasteiger charge is 2.17. The fourth-order valence-corrected chi connectivity index (χ4v) is 2.57. The molecule has 0 amide bonds. The molecular weight excluding hydrogens is 222 g/mol. The van der Waals surface area contributed by atoms with Gasteiger partial charge in [-0.25, -0.2) is 0 Å². The second-order valence-electron chi connectivity index (χ2n) is 5.55. The van der Waals surface area contributed by atoms with Gasteiger partial charge in [0.2, 0.25) is 0 Å². The Balaban J connectivity index is 1.61. The van der Waals surface area contributed by atoms with E-state index in [4.69, 9.17) is 4.74 Å². The first-order chi connectivity index (χ1) is 8.74. The third-order valence-corrected chi connectivity index (χ3v) is 3.77. The summed E-state index contributed by atoms with van der Waals surface area (Å²) in [7, 11) is 0. The molecule has 1 aliphatic carbocycles. The van der Waals surface area contributed by atoms with Gasteiger partial charge in [-0.1, -0.05) is 19.1 Å². The van der Waals surface area contributed by atoms with E-state index in [-0.39, 0.29) is 0 Å². The number of rotatable bonds is 5. The number of benzene rings is 1. The van der Waals surface area contributed by atoms with Gasteiger partial charge in [0.05, 0.1) is 12.7 Å². The van der Waals surface area contributed by atoms with Gasteiger partial charge in [0, 0.05) is 12.2 Å². The molecule has 100 valence electrons. The highest BCUT2D eigenvalue weighted by atomic mass is 16.5. The second kappa shape index (κ2) is 6.79. The summed E-state index contributed by atoms with van der Waals surface area (Å²) in [6.45, 7) is 6.17. The fraction of sp³-hybridized carbons (Fsp3) is 0.625. The van der Waals surface area contributed by atoms with Gasteiger partial charge < -0.3 is 10.1 Å². The molecule has 2 nitrogen and oxygen atoms in total. The first-order valence-corrected chi connectivity index (χ1v) is 7.16. The molecule has 18 heavy (non-hydrogen) atoms. The van der Waals surface area contributed by atoms with E-state index in [0.717, 1.165) is 19.1 Å². The summed E-state index contributed by atoms with van der Waals surface area (Å²) >= 11 is 0. The van der Waals surface area contributed by atoms with Crippen molar-refractivity contribution in [1.29, 1.82) is 0 Å². The monoisotopic (exact) mass is 247 g/mol. The van der Waals surface area contributed by atoms with Gasteiger partial charge in [0.15, 0.2) is 0 Å². The van der Waals surface area contributed by atoms with Gasteiger partial charge in [-0.05, 0) is 56.2 Å². The van der Waals surface area contributed by atoms with Crippen LogP contribution in [0, 0.1) is 12.8 Å². The molecule has 1 fully saturated rings. The summed E-state index contributed by atoms with van der Waals surface area (Å²) in [6.07, 6.45) is 5.64. The molecule has 2 rings (SSSR count). The second-order valence-corrected chi connectivity index (χ2v) is 5.55. The SMILES string of the molecule is Cc1cccc(NCCOC2CCC(C)CC2)c1. The van der Waals surface area contributed by atoms with E-state index in [1.54, 1.807) is 0 Å². The molecular formula is C16H25NO. The van der Waals surface area contributed by atoms with Crippen molar-refractivity contribution in [3.8, 4) is 0 Å². The normalized spacial score (nSPS) is 23.9. The Bertz CT molecular complexity index is 356. The lowest BCUT2D eigenvalue weighted by molar-refractivity contribution is 0.0257. The zero-order valence-electron chi connectivity index (χ0n) is 11.6. The van der Waals surface area contributed by atoms with Crippen LogP contribution in [0.5, 0.6) is 0 Å². The van der Waals surface area contributed by atoms with Crippen LogP contribution in [0.3, 0.4) is 0 Å². The number of hydrogen-bond donors (Lipinski definition) is 1. The largest absolute Gasteiger partial charge is 0.383 e. The maximum atomic E-state index is 5.92. The van der Waals surface area contributed by atoms with Crippen molar-refractivity contribution in [2.45, 2.75) is 45.6 Å². The van der Waals surface area contributed by atoms with E-state index < -0.39 is 0 Å². The van der Waals surface area contributed by atoms with E-state index in [2.05, 4.69) is 43.4 Å². The van der Waals surface area contributed by atoms with E-state index in [9.17, 15) is 0 Å². The molecule has 1 aromatic rings. The summed E-state index contributed by atoms with van der Waals surface area (Å²) < 4.78 is 5.92. The standard InChI is InChI=1S/C16H25NO/c1-13-6-8-16(9-7-13)18-11-10-17-15-5-3-4-14(2)12-15/h3-5,12-13,16-17H,6-11H2,1-2H3. The number of hydrogen-bond acceptors (Lipinski definition) is 2. The van der Waals surface area contributed by atoms with Gasteiger partial charge >= 0.3 is 0 Å². The Hall–Kier alpha value is -1.02. The molecule has 0 radical (unpaired) electrons. The minimum atomic E-state index is 0.500. The molecule has 0 spiro atoms. The Morgan fingerprint density at radius 1 is 1.22 bits per heavy atom. The summed E-state index contributed by atoms with van der Waals surface area (Å²) in [6, 6.07) is 8.48. The Morgan fingerprint density at radius 2 is 2.00 bits per heavy atom. The summed E-state index contributed by atoms with van der Waals surface area (Å²) in [5.41, 5.74) is 2.48. The van der Waals surface area contributed by atoms with Crippen molar-refractivity contribution in [1.82, 2.24) is 0 Å². The van der Waals surface area contributed by atoms with E-state index >= 15 is 0 Å². The molecule has 1 aromatic carbocycles. The maximum absolute atomic E-state index is 5.92.